The summed E-state index contributed by atoms with van der Waals surface area (Å²) in [5, 5.41) is 9.08. The molecule has 0 N–H and O–H groups in total. The number of thiophene rings is 1. The highest BCUT2D eigenvalue weighted by Crippen LogP contribution is 2.51. The summed E-state index contributed by atoms with van der Waals surface area (Å²) in [5.74, 6) is 0. The summed E-state index contributed by atoms with van der Waals surface area (Å²) >= 11 is 1.83. The van der Waals surface area contributed by atoms with Crippen LogP contribution in [-0.2, 0) is 0 Å². The molecule has 0 atom stereocenters. The number of hydrogen-bond donors (Lipinski definition) is 0. The number of anilines is 6. The highest BCUT2D eigenvalue weighted by Gasteiger charge is 2.27. The van der Waals surface area contributed by atoms with E-state index in [9.17, 15) is 0 Å². The molecule has 3 aromatic heterocycles. The Morgan fingerprint density at radius 1 is 0.316 bits per heavy atom. The summed E-state index contributed by atoms with van der Waals surface area (Å²) in [4.78, 5) is 4.78. The maximum absolute atomic E-state index is 6.84. The van der Waals surface area contributed by atoms with Crippen molar-refractivity contribution >= 4 is 120 Å². The third kappa shape index (κ3) is 5.06. The topological polar surface area (TPSA) is 32.8 Å². The third-order valence-corrected chi connectivity index (χ3v) is 12.3. The molecule has 0 aliphatic heterocycles. The van der Waals surface area contributed by atoms with Crippen molar-refractivity contribution in [3.8, 4) is 0 Å². The number of furan rings is 2. The van der Waals surface area contributed by atoms with Crippen LogP contribution in [0.5, 0.6) is 0 Å². The van der Waals surface area contributed by atoms with Crippen molar-refractivity contribution < 1.29 is 8.83 Å². The second-order valence-corrected chi connectivity index (χ2v) is 15.6. The number of fused-ring (bicyclic) bond motifs is 10. The molecule has 12 rings (SSSR count). The van der Waals surface area contributed by atoms with Crippen LogP contribution >= 0.6 is 11.3 Å². The van der Waals surface area contributed by atoms with E-state index in [1.165, 1.54) is 25.6 Å². The largest absolute Gasteiger partial charge is 0.456 e. The van der Waals surface area contributed by atoms with Crippen molar-refractivity contribution in [2.75, 3.05) is 9.80 Å². The number of hydrogen-bond acceptors (Lipinski definition) is 5. The molecule has 0 aliphatic carbocycles. The fraction of sp³-hybridized carbons (Fsp3) is 0. The van der Waals surface area contributed by atoms with Crippen LogP contribution in [0.4, 0.5) is 34.1 Å². The molecule has 0 saturated heterocycles. The molecule has 9 aromatic carbocycles. The van der Waals surface area contributed by atoms with Gasteiger partial charge in [0.05, 0.1) is 22.4 Å². The fourth-order valence-electron chi connectivity index (χ4n) is 8.63. The first-order valence-corrected chi connectivity index (χ1v) is 20.0. The summed E-state index contributed by atoms with van der Waals surface area (Å²) in [5.41, 5.74) is 9.51. The number of para-hydroxylation sites is 3. The molecule has 12 aromatic rings. The average Bonchev–Trinajstić information content (AvgIpc) is 3.95. The highest BCUT2D eigenvalue weighted by atomic mass is 32.1. The Bertz CT molecular complexity index is 3490. The molecule has 5 heteroatoms. The van der Waals surface area contributed by atoms with Crippen molar-refractivity contribution in [2.24, 2.45) is 0 Å². The standard InChI is InChI=1S/C52H32N2O2S/c1-3-16-35(17-4-1)53(37-26-27-51-42(30-37)38-20-10-12-25-50(38)57-51)45-32-49-41(40-28-33-14-7-8-15-34(33)29-48(40)56-49)31-44(45)54(36-18-5-2-6-19-36)43-22-13-24-47-52(43)39-21-9-11-23-46(39)55-47/h1-32H. The predicted octanol–water partition coefficient (Wildman–Crippen LogP) is 15.9. The van der Waals surface area contributed by atoms with Crippen LogP contribution in [-0.4, -0.2) is 0 Å². The van der Waals surface area contributed by atoms with Crippen LogP contribution in [0.3, 0.4) is 0 Å². The normalized spacial score (nSPS) is 11.9. The van der Waals surface area contributed by atoms with Crippen molar-refractivity contribution in [1.29, 1.82) is 0 Å². The molecule has 4 nitrogen and oxygen atoms in total. The molecular weight excluding hydrogens is 717 g/mol. The second kappa shape index (κ2) is 12.6. The van der Waals surface area contributed by atoms with E-state index in [-0.39, 0.29) is 0 Å². The highest BCUT2D eigenvalue weighted by molar-refractivity contribution is 7.25. The van der Waals surface area contributed by atoms with Gasteiger partial charge >= 0.3 is 0 Å². The van der Waals surface area contributed by atoms with Gasteiger partial charge in [-0.25, -0.2) is 0 Å². The van der Waals surface area contributed by atoms with E-state index >= 15 is 0 Å². The van der Waals surface area contributed by atoms with E-state index in [1.54, 1.807) is 0 Å². The summed E-state index contributed by atoms with van der Waals surface area (Å²) in [6.07, 6.45) is 0. The smallest absolute Gasteiger partial charge is 0.137 e. The van der Waals surface area contributed by atoms with Gasteiger partial charge in [0, 0.05) is 59.5 Å². The maximum Gasteiger partial charge on any atom is 0.137 e. The maximum atomic E-state index is 6.84. The minimum absolute atomic E-state index is 0.821. The van der Waals surface area contributed by atoms with E-state index in [0.29, 0.717) is 0 Å². The Morgan fingerprint density at radius 3 is 1.74 bits per heavy atom. The molecule has 0 radical (unpaired) electrons. The zero-order valence-electron chi connectivity index (χ0n) is 30.6. The Kier molecular flexibility index (Phi) is 7.06. The Hall–Kier alpha value is -7.34. The van der Waals surface area contributed by atoms with Gasteiger partial charge in [-0.2, -0.15) is 0 Å². The van der Waals surface area contributed by atoms with Crippen LogP contribution in [0.1, 0.15) is 0 Å². The summed E-state index contributed by atoms with van der Waals surface area (Å²) in [7, 11) is 0. The SMILES string of the molecule is c1ccc(N(c2ccc3sc4ccccc4c3c2)c2cc3oc4cc5ccccc5cc4c3cc2N(c2ccccc2)c2cccc3oc4ccccc4c23)cc1. The van der Waals surface area contributed by atoms with Gasteiger partial charge in [0.2, 0.25) is 0 Å². The Morgan fingerprint density at radius 2 is 0.912 bits per heavy atom. The molecule has 0 aliphatic rings. The van der Waals surface area contributed by atoms with E-state index in [1.807, 2.05) is 23.5 Å². The quantitative estimate of drug-likeness (QED) is 0.170. The monoisotopic (exact) mass is 748 g/mol. The zero-order valence-corrected chi connectivity index (χ0v) is 31.4. The lowest BCUT2D eigenvalue weighted by Crippen LogP contribution is -2.17. The van der Waals surface area contributed by atoms with E-state index < -0.39 is 0 Å². The fourth-order valence-corrected chi connectivity index (χ4v) is 9.71. The van der Waals surface area contributed by atoms with Crippen LogP contribution in [0, 0.1) is 0 Å². The van der Waals surface area contributed by atoms with Gasteiger partial charge in [0.25, 0.3) is 0 Å². The van der Waals surface area contributed by atoms with Gasteiger partial charge in [-0.1, -0.05) is 103 Å². The Labute approximate surface area is 331 Å². The molecule has 3 heterocycles. The van der Waals surface area contributed by atoms with Crippen LogP contribution < -0.4 is 9.80 Å². The number of nitrogens with zero attached hydrogens (tertiary/aromatic N) is 2. The molecule has 0 spiro atoms. The lowest BCUT2D eigenvalue weighted by Gasteiger charge is -2.33. The molecule has 0 fully saturated rings. The average molecular weight is 749 g/mol. The van der Waals surface area contributed by atoms with Crippen molar-refractivity contribution in [1.82, 2.24) is 0 Å². The lowest BCUT2D eigenvalue weighted by atomic mass is 10.0. The van der Waals surface area contributed by atoms with E-state index in [0.717, 1.165) is 83.4 Å². The number of rotatable bonds is 6. The lowest BCUT2D eigenvalue weighted by molar-refractivity contribution is 0.668. The molecular formula is C52H32N2O2S. The third-order valence-electron chi connectivity index (χ3n) is 11.2. The first-order valence-electron chi connectivity index (χ1n) is 19.2. The van der Waals surface area contributed by atoms with Crippen molar-refractivity contribution in [2.45, 2.75) is 0 Å². The molecule has 0 saturated carbocycles. The first kappa shape index (κ1) is 32.0. The summed E-state index contributed by atoms with van der Waals surface area (Å²) < 4.78 is 15.9. The molecule has 57 heavy (non-hydrogen) atoms. The molecule has 0 bridgehead atoms. The first-order chi connectivity index (χ1) is 28.2. The van der Waals surface area contributed by atoms with Gasteiger partial charge in [-0.05, 0) is 95.7 Å². The van der Waals surface area contributed by atoms with E-state index in [2.05, 4.69) is 192 Å². The van der Waals surface area contributed by atoms with Gasteiger partial charge < -0.3 is 18.6 Å². The minimum Gasteiger partial charge on any atom is -0.456 e. The van der Waals surface area contributed by atoms with Gasteiger partial charge in [0.1, 0.15) is 22.3 Å². The molecule has 268 valence electrons. The zero-order chi connectivity index (χ0) is 37.5. The van der Waals surface area contributed by atoms with Crippen LogP contribution in [0.2, 0.25) is 0 Å². The number of benzene rings is 9. The van der Waals surface area contributed by atoms with Gasteiger partial charge in [0.15, 0.2) is 0 Å². The van der Waals surface area contributed by atoms with Gasteiger partial charge in [-0.15, -0.1) is 11.3 Å². The van der Waals surface area contributed by atoms with Gasteiger partial charge in [-0.3, -0.25) is 0 Å². The molecule has 0 amide bonds. The van der Waals surface area contributed by atoms with Crippen LogP contribution in [0.15, 0.2) is 203 Å². The summed E-state index contributed by atoms with van der Waals surface area (Å²) in [6, 6.07) is 69.1. The Balaban J connectivity index is 1.22. The predicted molar refractivity (Wildman–Crippen MR) is 241 cm³/mol. The van der Waals surface area contributed by atoms with Crippen molar-refractivity contribution in [3.63, 3.8) is 0 Å². The van der Waals surface area contributed by atoms with Crippen molar-refractivity contribution in [3.05, 3.63) is 194 Å². The minimum atomic E-state index is 0.821. The summed E-state index contributed by atoms with van der Waals surface area (Å²) in [6.45, 7) is 0. The second-order valence-electron chi connectivity index (χ2n) is 14.5. The molecule has 0 unspecified atom stereocenters. The van der Waals surface area contributed by atoms with E-state index in [4.69, 9.17) is 8.83 Å². The van der Waals surface area contributed by atoms with Crippen LogP contribution in [0.25, 0.3) is 74.8 Å².